The van der Waals surface area contributed by atoms with E-state index in [0.29, 0.717) is 23.0 Å². The van der Waals surface area contributed by atoms with E-state index in [9.17, 15) is 10.2 Å². The molecule has 0 radical (unpaired) electrons. The Hall–Kier alpha value is -4.32. The highest BCUT2D eigenvalue weighted by Crippen LogP contribution is 2.34. The molecule has 0 saturated heterocycles. The number of nitrogens with two attached hydrogens (primary N) is 2. The number of hydrogen-bond acceptors (Lipinski definition) is 6. The summed E-state index contributed by atoms with van der Waals surface area (Å²) in [6, 6.07) is 25.5. The number of phenols is 2. The second-order valence-electron chi connectivity index (χ2n) is 7.74. The van der Waals surface area contributed by atoms with E-state index < -0.39 is 0 Å². The van der Waals surface area contributed by atoms with Crippen LogP contribution >= 0.6 is 0 Å². The molecule has 0 bridgehead atoms. The molecule has 0 aromatic heterocycles. The molecule has 0 heterocycles. The minimum absolute atomic E-state index is 0.0344. The van der Waals surface area contributed by atoms with Gasteiger partial charge in [-0.25, -0.2) is 0 Å². The Labute approximate surface area is 192 Å². The van der Waals surface area contributed by atoms with Crippen LogP contribution in [0.15, 0.2) is 84.9 Å². The smallest absolute Gasteiger partial charge is 0.138 e. The molecule has 6 N–H and O–H groups in total. The Morgan fingerprint density at radius 2 is 0.970 bits per heavy atom. The first-order valence-electron chi connectivity index (χ1n) is 10.7. The van der Waals surface area contributed by atoms with E-state index in [1.54, 1.807) is 24.3 Å². The molecule has 6 nitrogen and oxygen atoms in total. The Kier molecular flexibility index (Phi) is 6.26. The van der Waals surface area contributed by atoms with Crippen molar-refractivity contribution < 1.29 is 19.7 Å². The lowest BCUT2D eigenvalue weighted by molar-refractivity contribution is 0.466. The topological polar surface area (TPSA) is 111 Å². The molecular weight excluding hydrogens is 416 g/mol. The molecule has 4 aromatic rings. The molecule has 0 amide bonds. The summed E-state index contributed by atoms with van der Waals surface area (Å²) in [6.07, 6.45) is 0.934. The lowest BCUT2D eigenvalue weighted by Gasteiger charge is -2.17. The summed E-state index contributed by atoms with van der Waals surface area (Å²) in [5.41, 5.74) is 14.4. The molecule has 4 rings (SSSR count). The van der Waals surface area contributed by atoms with Crippen LogP contribution in [0.5, 0.6) is 34.5 Å². The Morgan fingerprint density at radius 3 is 1.30 bits per heavy atom. The number of nitrogen functional groups attached to an aromatic ring is 2. The summed E-state index contributed by atoms with van der Waals surface area (Å²) in [4.78, 5) is 0. The second kappa shape index (κ2) is 9.44. The number of phenolic OH excluding ortho intramolecular Hbond substituents is 2. The third kappa shape index (κ3) is 5.13. The summed E-state index contributed by atoms with van der Waals surface area (Å²) in [6.45, 7) is 2.15. The third-order valence-corrected chi connectivity index (χ3v) is 5.44. The fourth-order valence-electron chi connectivity index (χ4n) is 3.66. The highest BCUT2D eigenvalue weighted by molar-refractivity contribution is 5.56. The number of rotatable bonds is 7. The molecule has 6 heteroatoms. The van der Waals surface area contributed by atoms with Crippen molar-refractivity contribution in [1.29, 1.82) is 0 Å². The van der Waals surface area contributed by atoms with Gasteiger partial charge in [0.25, 0.3) is 0 Å². The number of anilines is 2. The van der Waals surface area contributed by atoms with Crippen molar-refractivity contribution in [1.82, 2.24) is 0 Å². The van der Waals surface area contributed by atoms with Crippen molar-refractivity contribution in [2.75, 3.05) is 11.5 Å². The molecule has 0 unspecified atom stereocenters. The van der Waals surface area contributed by atoms with E-state index in [4.69, 9.17) is 20.9 Å². The van der Waals surface area contributed by atoms with Gasteiger partial charge >= 0.3 is 0 Å². The molecular formula is C27H26N2O4. The monoisotopic (exact) mass is 442 g/mol. The Morgan fingerprint density at radius 1 is 0.606 bits per heavy atom. The van der Waals surface area contributed by atoms with Gasteiger partial charge in [0.2, 0.25) is 0 Å². The predicted molar refractivity (Wildman–Crippen MR) is 130 cm³/mol. The first-order valence-corrected chi connectivity index (χ1v) is 10.7. The molecule has 4 aromatic carbocycles. The van der Waals surface area contributed by atoms with Crippen LogP contribution in [0, 0.1) is 0 Å². The minimum atomic E-state index is 0.0344. The van der Waals surface area contributed by atoms with Crippen molar-refractivity contribution in [3.8, 4) is 34.5 Å². The first-order chi connectivity index (χ1) is 15.9. The molecule has 0 saturated carbocycles. The van der Waals surface area contributed by atoms with E-state index in [-0.39, 0.29) is 28.8 Å². The van der Waals surface area contributed by atoms with Crippen LogP contribution in [-0.2, 0) is 0 Å². The van der Waals surface area contributed by atoms with Gasteiger partial charge in [0.05, 0.1) is 11.4 Å². The SMILES string of the molecule is CCC(c1ccc(Oc2ccc(O)c(N)c2)cc1)c1ccc(Oc2ccc(O)c(N)c2)cc1. The standard InChI is InChI=1S/C27H26N2O4/c1-2-23(17-3-7-19(8-4-17)32-21-11-13-26(30)24(28)15-21)18-5-9-20(10-6-18)33-22-12-14-27(31)25(29)16-22/h3-16,23,30-31H,2,28-29H2,1H3. The second-order valence-corrected chi connectivity index (χ2v) is 7.74. The number of aromatic hydroxyl groups is 2. The largest absolute Gasteiger partial charge is 0.506 e. The van der Waals surface area contributed by atoms with Gasteiger partial charge in [-0.15, -0.1) is 0 Å². The van der Waals surface area contributed by atoms with Crippen LogP contribution in [0.2, 0.25) is 0 Å². The molecule has 0 spiro atoms. The van der Waals surface area contributed by atoms with Gasteiger partial charge in [0.1, 0.15) is 34.5 Å². The van der Waals surface area contributed by atoms with Crippen LogP contribution in [-0.4, -0.2) is 10.2 Å². The van der Waals surface area contributed by atoms with E-state index in [2.05, 4.69) is 31.2 Å². The fourth-order valence-corrected chi connectivity index (χ4v) is 3.66. The zero-order valence-corrected chi connectivity index (χ0v) is 18.2. The van der Waals surface area contributed by atoms with Gasteiger partial charge < -0.3 is 31.2 Å². The van der Waals surface area contributed by atoms with Crippen LogP contribution in [0.3, 0.4) is 0 Å². The normalized spacial score (nSPS) is 10.8. The molecule has 0 aliphatic carbocycles. The zero-order valence-electron chi connectivity index (χ0n) is 18.2. The predicted octanol–water partition coefficient (Wildman–Crippen LogP) is 6.39. The highest BCUT2D eigenvalue weighted by atomic mass is 16.5. The van der Waals surface area contributed by atoms with E-state index in [1.165, 1.54) is 23.3 Å². The average Bonchev–Trinajstić information content (AvgIpc) is 2.81. The van der Waals surface area contributed by atoms with Crippen molar-refractivity contribution >= 4 is 11.4 Å². The summed E-state index contributed by atoms with van der Waals surface area (Å²) in [7, 11) is 0. The van der Waals surface area contributed by atoms with Crippen LogP contribution in [0.4, 0.5) is 11.4 Å². The number of ether oxygens (including phenoxy) is 2. The quantitative estimate of drug-likeness (QED) is 0.195. The number of hydrogen-bond donors (Lipinski definition) is 4. The fraction of sp³-hybridized carbons (Fsp3) is 0.111. The molecule has 168 valence electrons. The van der Waals surface area contributed by atoms with Crippen molar-refractivity contribution in [2.24, 2.45) is 0 Å². The number of benzene rings is 4. The van der Waals surface area contributed by atoms with Gasteiger partial charge in [-0.1, -0.05) is 31.2 Å². The molecule has 0 aliphatic rings. The molecule has 0 aliphatic heterocycles. The van der Waals surface area contributed by atoms with Gasteiger partial charge in [-0.05, 0) is 66.1 Å². The third-order valence-electron chi connectivity index (χ3n) is 5.44. The minimum Gasteiger partial charge on any atom is -0.506 e. The molecule has 0 atom stereocenters. The Balaban J connectivity index is 1.46. The first kappa shape index (κ1) is 21.9. The maximum absolute atomic E-state index is 9.55. The summed E-state index contributed by atoms with van der Waals surface area (Å²) in [5.74, 6) is 2.80. The van der Waals surface area contributed by atoms with Crippen LogP contribution in [0.1, 0.15) is 30.4 Å². The van der Waals surface area contributed by atoms with Gasteiger partial charge in [0, 0.05) is 18.1 Å². The van der Waals surface area contributed by atoms with Gasteiger partial charge in [-0.2, -0.15) is 0 Å². The molecule has 33 heavy (non-hydrogen) atoms. The van der Waals surface area contributed by atoms with Crippen molar-refractivity contribution in [3.63, 3.8) is 0 Å². The lowest BCUT2D eigenvalue weighted by Crippen LogP contribution is -2.00. The van der Waals surface area contributed by atoms with E-state index in [0.717, 1.165) is 6.42 Å². The van der Waals surface area contributed by atoms with Crippen molar-refractivity contribution in [3.05, 3.63) is 96.1 Å². The van der Waals surface area contributed by atoms with Crippen molar-refractivity contribution in [2.45, 2.75) is 19.3 Å². The summed E-state index contributed by atoms with van der Waals surface area (Å²) in [5, 5.41) is 19.1. The van der Waals surface area contributed by atoms with E-state index >= 15 is 0 Å². The highest BCUT2D eigenvalue weighted by Gasteiger charge is 2.13. The summed E-state index contributed by atoms with van der Waals surface area (Å²) < 4.78 is 11.7. The average molecular weight is 443 g/mol. The van der Waals surface area contributed by atoms with E-state index in [1.807, 2.05) is 24.3 Å². The zero-order chi connectivity index (χ0) is 23.4. The Bertz CT molecular complexity index is 1140. The lowest BCUT2D eigenvalue weighted by atomic mass is 9.89. The maximum Gasteiger partial charge on any atom is 0.138 e. The maximum atomic E-state index is 9.55. The molecule has 0 fully saturated rings. The van der Waals surface area contributed by atoms with Crippen LogP contribution < -0.4 is 20.9 Å². The van der Waals surface area contributed by atoms with Crippen LogP contribution in [0.25, 0.3) is 0 Å². The van der Waals surface area contributed by atoms with Gasteiger partial charge in [0.15, 0.2) is 0 Å². The van der Waals surface area contributed by atoms with Gasteiger partial charge in [-0.3, -0.25) is 0 Å². The summed E-state index contributed by atoms with van der Waals surface area (Å²) >= 11 is 0.